The third kappa shape index (κ3) is 6.96. The number of ether oxygens (including phenoxy) is 3. The standard InChI is InChI=1S/C48H50O13/c1-20(2)11-14-23-32-28(17-26(49)44(23)57-9)59-31-19-30-34(43(55)35(31)41(32)53)36(47(61-30)48(7,8)56)37-39(51)25(16-13-22(5)6)40(52)38-42(54)33-24(15-12-21(3)4)45(58-10)27(50)18-29(33)60-46(37)38/h11-13,17-19,36,47,49-52,55-56H,14-16H2,1-10H3. The maximum absolute atomic E-state index is 15.0. The molecule has 6 N–H and O–H groups in total. The number of hydrogen-bond acceptors (Lipinski definition) is 13. The molecule has 7 rings (SSSR count). The van der Waals surface area contributed by atoms with Crippen molar-refractivity contribution in [3.05, 3.63) is 101 Å². The van der Waals surface area contributed by atoms with Crippen LogP contribution in [0.25, 0.3) is 43.9 Å². The molecule has 320 valence electrons. The number of methoxy groups -OCH3 is 2. The molecule has 13 heteroatoms. The van der Waals surface area contributed by atoms with Crippen molar-refractivity contribution < 1.29 is 53.7 Å². The molecule has 13 nitrogen and oxygen atoms in total. The minimum atomic E-state index is -1.74. The predicted octanol–water partition coefficient (Wildman–Crippen LogP) is 8.94. The van der Waals surface area contributed by atoms with Crippen LogP contribution in [0.4, 0.5) is 0 Å². The van der Waals surface area contributed by atoms with Crippen LogP contribution >= 0.6 is 0 Å². The van der Waals surface area contributed by atoms with Crippen LogP contribution in [0.3, 0.4) is 0 Å². The molecular formula is C48H50O13. The van der Waals surface area contributed by atoms with Gasteiger partial charge in [-0.1, -0.05) is 34.9 Å². The Hall–Kier alpha value is -6.60. The Kier molecular flexibility index (Phi) is 10.8. The zero-order valence-corrected chi connectivity index (χ0v) is 35.8. The first-order valence-electron chi connectivity index (χ1n) is 19.8. The number of fused-ring (bicyclic) bond motifs is 5. The minimum Gasteiger partial charge on any atom is -0.507 e. The molecule has 0 spiro atoms. The normalized spacial score (nSPS) is 14.9. The number of aliphatic hydroxyl groups is 1. The van der Waals surface area contributed by atoms with Crippen LogP contribution in [0, 0.1) is 0 Å². The molecule has 4 aromatic carbocycles. The van der Waals surface area contributed by atoms with Gasteiger partial charge in [0.25, 0.3) is 0 Å². The molecule has 2 atom stereocenters. The SMILES string of the molecule is COc1c(O)cc2oc3cc4c(c(O)c3c(=O)c2c1CC=C(C)C)C(c1c(O)c(CC=C(C)C)c(O)c2c(=O)c3c(CC=C(C)C)c(OC)c(O)cc3oc12)C(C(C)(C)O)O4. The van der Waals surface area contributed by atoms with Gasteiger partial charge in [-0.15, -0.1) is 0 Å². The van der Waals surface area contributed by atoms with Crippen molar-refractivity contribution in [2.75, 3.05) is 14.2 Å². The molecular weight excluding hydrogens is 785 g/mol. The van der Waals surface area contributed by atoms with E-state index in [1.165, 1.54) is 46.3 Å². The number of hydrogen-bond donors (Lipinski definition) is 6. The van der Waals surface area contributed by atoms with E-state index in [2.05, 4.69) is 0 Å². The Bertz CT molecular complexity index is 3030. The maximum Gasteiger partial charge on any atom is 0.204 e. The summed E-state index contributed by atoms with van der Waals surface area (Å²) in [6, 6.07) is 3.85. The highest BCUT2D eigenvalue weighted by Crippen LogP contribution is 2.57. The van der Waals surface area contributed by atoms with E-state index in [4.69, 9.17) is 23.0 Å². The van der Waals surface area contributed by atoms with Crippen molar-refractivity contribution in [2.45, 2.75) is 92.3 Å². The second kappa shape index (κ2) is 15.5. The summed E-state index contributed by atoms with van der Waals surface area (Å²) in [6.45, 7) is 14.1. The predicted molar refractivity (Wildman–Crippen MR) is 233 cm³/mol. The van der Waals surface area contributed by atoms with Crippen molar-refractivity contribution in [1.82, 2.24) is 0 Å². The smallest absolute Gasteiger partial charge is 0.204 e. The van der Waals surface area contributed by atoms with E-state index in [1.54, 1.807) is 6.08 Å². The number of phenolic OH excluding ortho intramolecular Hbond substituents is 5. The lowest BCUT2D eigenvalue weighted by molar-refractivity contribution is -0.0297. The van der Waals surface area contributed by atoms with Crippen molar-refractivity contribution in [3.8, 4) is 46.0 Å². The Balaban J connectivity index is 1.66. The van der Waals surface area contributed by atoms with Crippen LogP contribution in [0.15, 0.2) is 71.6 Å². The monoisotopic (exact) mass is 834 g/mol. The van der Waals surface area contributed by atoms with E-state index >= 15 is 0 Å². The molecule has 1 aliphatic rings. The molecule has 2 unspecified atom stereocenters. The van der Waals surface area contributed by atoms with Gasteiger partial charge in [0.05, 0.1) is 36.5 Å². The fourth-order valence-corrected chi connectivity index (χ4v) is 8.37. The Morgan fingerprint density at radius 2 is 1.08 bits per heavy atom. The highest BCUT2D eigenvalue weighted by molar-refractivity contribution is 6.02. The van der Waals surface area contributed by atoms with Crippen LogP contribution in [-0.2, 0) is 19.3 Å². The second-order valence-electron chi connectivity index (χ2n) is 16.9. The third-order valence-electron chi connectivity index (χ3n) is 11.2. The summed E-state index contributed by atoms with van der Waals surface area (Å²) < 4.78 is 30.2. The van der Waals surface area contributed by atoms with E-state index in [-0.39, 0.29) is 109 Å². The quantitative estimate of drug-likeness (QED) is 0.0563. The van der Waals surface area contributed by atoms with E-state index in [1.807, 2.05) is 53.7 Å². The summed E-state index contributed by atoms with van der Waals surface area (Å²) in [5, 5.41) is 70.2. The van der Waals surface area contributed by atoms with Gasteiger partial charge in [0.2, 0.25) is 10.9 Å². The van der Waals surface area contributed by atoms with Crippen LogP contribution in [-0.4, -0.2) is 56.6 Å². The minimum absolute atomic E-state index is 0.0180. The summed E-state index contributed by atoms with van der Waals surface area (Å²) in [4.78, 5) is 29.7. The number of phenols is 5. The zero-order valence-electron chi connectivity index (χ0n) is 35.8. The first-order valence-corrected chi connectivity index (χ1v) is 19.8. The van der Waals surface area contributed by atoms with Crippen molar-refractivity contribution in [2.24, 2.45) is 0 Å². The molecule has 0 radical (unpaired) electrons. The highest BCUT2D eigenvalue weighted by Gasteiger charge is 2.49. The van der Waals surface area contributed by atoms with Gasteiger partial charge in [-0.3, -0.25) is 9.59 Å². The third-order valence-corrected chi connectivity index (χ3v) is 11.2. The Labute approximate surface area is 350 Å². The molecule has 0 bridgehead atoms. The molecule has 0 saturated carbocycles. The van der Waals surface area contributed by atoms with Gasteiger partial charge in [-0.05, 0) is 74.7 Å². The summed E-state index contributed by atoms with van der Waals surface area (Å²) in [5.41, 5.74) is -0.473. The van der Waals surface area contributed by atoms with E-state index < -0.39 is 45.7 Å². The number of aromatic hydroxyl groups is 5. The zero-order chi connectivity index (χ0) is 44.6. The van der Waals surface area contributed by atoms with Crippen LogP contribution in [0.2, 0.25) is 0 Å². The van der Waals surface area contributed by atoms with E-state index in [0.29, 0.717) is 11.1 Å². The van der Waals surface area contributed by atoms with Crippen LogP contribution in [0.1, 0.15) is 89.1 Å². The molecule has 2 aromatic heterocycles. The fourth-order valence-electron chi connectivity index (χ4n) is 8.37. The van der Waals surface area contributed by atoms with Gasteiger partial charge in [-0.2, -0.15) is 0 Å². The molecule has 0 aliphatic carbocycles. The maximum atomic E-state index is 15.0. The number of benzene rings is 4. The molecule has 3 heterocycles. The van der Waals surface area contributed by atoms with Crippen LogP contribution < -0.4 is 25.1 Å². The lowest BCUT2D eigenvalue weighted by Crippen LogP contribution is -2.42. The van der Waals surface area contributed by atoms with Crippen molar-refractivity contribution in [1.29, 1.82) is 0 Å². The Morgan fingerprint density at radius 1 is 0.623 bits per heavy atom. The van der Waals surface area contributed by atoms with Gasteiger partial charge in [0.1, 0.15) is 62.2 Å². The molecule has 0 saturated heterocycles. The summed E-state index contributed by atoms with van der Waals surface area (Å²) in [7, 11) is 2.72. The molecule has 0 amide bonds. The largest absolute Gasteiger partial charge is 0.507 e. The van der Waals surface area contributed by atoms with E-state index in [9.17, 15) is 40.2 Å². The van der Waals surface area contributed by atoms with Crippen molar-refractivity contribution >= 4 is 43.9 Å². The van der Waals surface area contributed by atoms with Crippen LogP contribution in [0.5, 0.6) is 46.0 Å². The van der Waals surface area contributed by atoms with Gasteiger partial charge in [-0.25, -0.2) is 0 Å². The molecule has 6 aromatic rings. The van der Waals surface area contributed by atoms with Crippen molar-refractivity contribution in [3.63, 3.8) is 0 Å². The lowest BCUT2D eigenvalue weighted by Gasteiger charge is -2.31. The summed E-state index contributed by atoms with van der Waals surface area (Å²) >= 11 is 0. The fraction of sp³-hybridized carbons (Fsp3) is 0.333. The van der Waals surface area contributed by atoms with Gasteiger partial charge >= 0.3 is 0 Å². The van der Waals surface area contributed by atoms with E-state index in [0.717, 1.165) is 16.7 Å². The van der Waals surface area contributed by atoms with Gasteiger partial charge in [0.15, 0.2) is 23.0 Å². The summed E-state index contributed by atoms with van der Waals surface area (Å²) in [5.74, 6) is -3.54. The average Bonchev–Trinajstić information content (AvgIpc) is 3.55. The first kappa shape index (κ1) is 42.5. The first-order chi connectivity index (χ1) is 28.7. The molecule has 61 heavy (non-hydrogen) atoms. The van der Waals surface area contributed by atoms with Gasteiger partial charge in [0, 0.05) is 46.0 Å². The lowest BCUT2D eigenvalue weighted by atomic mass is 9.78. The number of allylic oxidation sites excluding steroid dienone is 6. The highest BCUT2D eigenvalue weighted by atomic mass is 16.5. The van der Waals surface area contributed by atoms with Gasteiger partial charge < -0.3 is 53.7 Å². The average molecular weight is 835 g/mol. The second-order valence-corrected chi connectivity index (χ2v) is 16.9. The topological polar surface area (TPSA) is 209 Å². The summed E-state index contributed by atoms with van der Waals surface area (Å²) in [6.07, 6.45) is 4.43. The molecule has 0 fully saturated rings. The molecule has 1 aliphatic heterocycles. The number of rotatable bonds is 10. The Morgan fingerprint density at radius 3 is 1.56 bits per heavy atom.